The quantitative estimate of drug-likeness (QED) is 0.767. The van der Waals surface area contributed by atoms with Gasteiger partial charge in [0.25, 0.3) is 0 Å². The zero-order valence-corrected chi connectivity index (χ0v) is 11.7. The largest absolute Gasteiger partial charge is 0.383 e. The van der Waals surface area contributed by atoms with Crippen molar-refractivity contribution in [1.82, 2.24) is 0 Å². The van der Waals surface area contributed by atoms with Gasteiger partial charge in [0.15, 0.2) is 0 Å². The molecule has 1 N–H and O–H groups in total. The van der Waals surface area contributed by atoms with E-state index in [-0.39, 0.29) is 0 Å². The number of nitrogens with zero attached hydrogens (tertiary/aromatic N) is 1. The van der Waals surface area contributed by atoms with Crippen LogP contribution >= 0.6 is 0 Å². The number of hydrogen-bond donors (Lipinski definition) is 1. The van der Waals surface area contributed by atoms with Gasteiger partial charge in [-0.05, 0) is 30.7 Å². The third kappa shape index (κ3) is 4.73. The Hall–Kier alpha value is -1.26. The fourth-order valence-electron chi connectivity index (χ4n) is 2.13. The van der Waals surface area contributed by atoms with E-state index in [1.807, 2.05) is 0 Å². The molecule has 1 aliphatic heterocycles. The summed E-state index contributed by atoms with van der Waals surface area (Å²) in [6, 6.07) is 8.59. The predicted octanol–water partition coefficient (Wildman–Crippen LogP) is 2.36. The molecule has 106 valence electrons. The van der Waals surface area contributed by atoms with Crippen LogP contribution in [0.25, 0.3) is 0 Å². The summed E-state index contributed by atoms with van der Waals surface area (Å²) < 4.78 is 10.8. The molecule has 1 aromatic rings. The Balaban J connectivity index is 1.74. The van der Waals surface area contributed by atoms with Crippen LogP contribution in [0.5, 0.6) is 0 Å². The monoisotopic (exact) mass is 264 g/mol. The zero-order chi connectivity index (χ0) is 13.3. The van der Waals surface area contributed by atoms with Gasteiger partial charge >= 0.3 is 0 Å². The molecule has 0 atom stereocenters. The summed E-state index contributed by atoms with van der Waals surface area (Å²) in [6.45, 7) is 8.21. The van der Waals surface area contributed by atoms with Gasteiger partial charge < -0.3 is 19.7 Å². The van der Waals surface area contributed by atoms with Crippen LogP contribution in [-0.2, 0) is 9.47 Å². The lowest BCUT2D eigenvalue weighted by atomic mass is 10.2. The van der Waals surface area contributed by atoms with Gasteiger partial charge in [0, 0.05) is 37.6 Å². The van der Waals surface area contributed by atoms with Gasteiger partial charge in [-0.2, -0.15) is 0 Å². The van der Waals surface area contributed by atoms with E-state index >= 15 is 0 Å². The Morgan fingerprint density at radius 3 is 2.58 bits per heavy atom. The number of benzene rings is 1. The van der Waals surface area contributed by atoms with Gasteiger partial charge in [-0.3, -0.25) is 0 Å². The van der Waals surface area contributed by atoms with Crippen molar-refractivity contribution in [3.05, 3.63) is 24.3 Å². The van der Waals surface area contributed by atoms with E-state index in [9.17, 15) is 0 Å². The van der Waals surface area contributed by atoms with Crippen molar-refractivity contribution in [3.63, 3.8) is 0 Å². The van der Waals surface area contributed by atoms with E-state index in [4.69, 9.17) is 9.47 Å². The van der Waals surface area contributed by atoms with Crippen LogP contribution in [0.2, 0.25) is 0 Å². The summed E-state index contributed by atoms with van der Waals surface area (Å²) in [5, 5.41) is 3.37. The number of anilines is 2. The van der Waals surface area contributed by atoms with E-state index in [2.05, 4.69) is 41.4 Å². The highest BCUT2D eigenvalue weighted by Crippen LogP contribution is 2.18. The molecular formula is C15H24N2O2. The molecule has 19 heavy (non-hydrogen) atoms. The molecule has 0 radical (unpaired) electrons. The molecule has 2 rings (SSSR count). The van der Waals surface area contributed by atoms with Crippen LogP contribution in [0, 0.1) is 0 Å². The molecule has 1 aliphatic rings. The van der Waals surface area contributed by atoms with Crippen molar-refractivity contribution in [3.8, 4) is 0 Å². The van der Waals surface area contributed by atoms with Crippen LogP contribution in [0.4, 0.5) is 11.4 Å². The molecular weight excluding hydrogens is 240 g/mol. The minimum Gasteiger partial charge on any atom is -0.383 e. The van der Waals surface area contributed by atoms with Crippen LogP contribution in [0.15, 0.2) is 24.3 Å². The highest BCUT2D eigenvalue weighted by Gasteiger charge is 2.10. The summed E-state index contributed by atoms with van der Waals surface area (Å²) in [5.74, 6) is 0. The first-order valence-corrected chi connectivity index (χ1v) is 7.14. The maximum atomic E-state index is 5.44. The maximum Gasteiger partial charge on any atom is 0.0642 e. The minimum absolute atomic E-state index is 0.763. The fourth-order valence-corrected chi connectivity index (χ4v) is 2.13. The lowest BCUT2D eigenvalue weighted by Gasteiger charge is -2.28. The molecule has 0 bridgehead atoms. The first-order chi connectivity index (χ1) is 9.40. The van der Waals surface area contributed by atoms with Crippen LogP contribution < -0.4 is 10.2 Å². The van der Waals surface area contributed by atoms with Crippen LogP contribution in [0.1, 0.15) is 13.3 Å². The van der Waals surface area contributed by atoms with Crippen molar-refractivity contribution in [2.75, 3.05) is 56.3 Å². The number of ether oxygens (including phenoxy) is 2. The second kappa shape index (κ2) is 8.02. The van der Waals surface area contributed by atoms with Crippen molar-refractivity contribution in [1.29, 1.82) is 0 Å². The smallest absolute Gasteiger partial charge is 0.0642 e. The molecule has 0 saturated carbocycles. The standard InChI is InChI=1S/C15H24N2O2/c1-2-10-18-11-7-16-14-3-5-15(6-4-14)17-8-12-19-13-9-17/h3-6,16H,2,7-13H2,1H3. The molecule has 1 heterocycles. The summed E-state index contributed by atoms with van der Waals surface area (Å²) in [5.41, 5.74) is 2.42. The molecule has 0 spiro atoms. The Bertz CT molecular complexity index is 348. The first kappa shape index (κ1) is 14.2. The van der Waals surface area contributed by atoms with E-state index in [0.717, 1.165) is 58.2 Å². The Labute approximate surface area is 115 Å². The summed E-state index contributed by atoms with van der Waals surface area (Å²) in [7, 11) is 0. The molecule has 4 heteroatoms. The first-order valence-electron chi connectivity index (χ1n) is 7.14. The zero-order valence-electron chi connectivity index (χ0n) is 11.7. The molecule has 0 amide bonds. The van der Waals surface area contributed by atoms with E-state index in [0.29, 0.717) is 0 Å². The molecule has 1 saturated heterocycles. The number of nitrogens with one attached hydrogen (secondary N) is 1. The van der Waals surface area contributed by atoms with Crippen LogP contribution in [-0.4, -0.2) is 46.1 Å². The van der Waals surface area contributed by atoms with Crippen LogP contribution in [0.3, 0.4) is 0 Å². The number of morpholine rings is 1. The maximum absolute atomic E-state index is 5.44. The van der Waals surface area contributed by atoms with Crippen molar-refractivity contribution in [2.45, 2.75) is 13.3 Å². The van der Waals surface area contributed by atoms with Gasteiger partial charge in [-0.25, -0.2) is 0 Å². The van der Waals surface area contributed by atoms with Crippen molar-refractivity contribution < 1.29 is 9.47 Å². The van der Waals surface area contributed by atoms with E-state index < -0.39 is 0 Å². The van der Waals surface area contributed by atoms with Gasteiger partial charge in [0.2, 0.25) is 0 Å². The topological polar surface area (TPSA) is 33.7 Å². The number of rotatable bonds is 7. The van der Waals surface area contributed by atoms with Gasteiger partial charge in [0.1, 0.15) is 0 Å². The predicted molar refractivity (Wildman–Crippen MR) is 79.1 cm³/mol. The summed E-state index contributed by atoms with van der Waals surface area (Å²) >= 11 is 0. The third-order valence-electron chi connectivity index (χ3n) is 3.17. The Morgan fingerprint density at radius 2 is 1.89 bits per heavy atom. The normalized spacial score (nSPS) is 15.5. The lowest BCUT2D eigenvalue weighted by Crippen LogP contribution is -2.36. The highest BCUT2D eigenvalue weighted by atomic mass is 16.5. The Morgan fingerprint density at radius 1 is 1.16 bits per heavy atom. The minimum atomic E-state index is 0.763. The molecule has 1 fully saturated rings. The SMILES string of the molecule is CCCOCCNc1ccc(N2CCOCC2)cc1. The summed E-state index contributed by atoms with van der Waals surface area (Å²) in [4.78, 5) is 2.36. The van der Waals surface area contributed by atoms with Crippen molar-refractivity contribution >= 4 is 11.4 Å². The van der Waals surface area contributed by atoms with E-state index in [1.165, 1.54) is 5.69 Å². The second-order valence-corrected chi connectivity index (χ2v) is 4.69. The molecule has 0 unspecified atom stereocenters. The van der Waals surface area contributed by atoms with Gasteiger partial charge in [-0.1, -0.05) is 6.92 Å². The third-order valence-corrected chi connectivity index (χ3v) is 3.17. The average Bonchev–Trinajstić information content (AvgIpc) is 2.49. The molecule has 0 aromatic heterocycles. The van der Waals surface area contributed by atoms with Gasteiger partial charge in [-0.15, -0.1) is 0 Å². The van der Waals surface area contributed by atoms with E-state index in [1.54, 1.807) is 0 Å². The number of hydrogen-bond acceptors (Lipinski definition) is 4. The van der Waals surface area contributed by atoms with Crippen molar-refractivity contribution in [2.24, 2.45) is 0 Å². The lowest BCUT2D eigenvalue weighted by molar-refractivity contribution is 0.122. The second-order valence-electron chi connectivity index (χ2n) is 4.69. The Kier molecular flexibility index (Phi) is 5.98. The van der Waals surface area contributed by atoms with Gasteiger partial charge in [0.05, 0.1) is 19.8 Å². The molecule has 1 aromatic carbocycles. The fraction of sp³-hybridized carbons (Fsp3) is 0.600. The summed E-state index contributed by atoms with van der Waals surface area (Å²) in [6.07, 6.45) is 1.08. The molecule has 4 nitrogen and oxygen atoms in total. The molecule has 0 aliphatic carbocycles. The highest BCUT2D eigenvalue weighted by molar-refractivity contribution is 5.55. The average molecular weight is 264 g/mol.